The van der Waals surface area contributed by atoms with E-state index in [9.17, 15) is 4.79 Å². The van der Waals surface area contributed by atoms with Gasteiger partial charge in [-0.25, -0.2) is 0 Å². The molecule has 0 aromatic heterocycles. The van der Waals surface area contributed by atoms with Crippen LogP contribution in [-0.4, -0.2) is 18.2 Å². The van der Waals surface area contributed by atoms with Gasteiger partial charge in [0.15, 0.2) is 0 Å². The van der Waals surface area contributed by atoms with E-state index in [4.69, 9.17) is 5.11 Å². The van der Waals surface area contributed by atoms with Gasteiger partial charge in [-0.2, -0.15) is 0 Å². The lowest BCUT2D eigenvalue weighted by atomic mass is 9.67. The molecular weight excluding hydrogens is 300 g/mol. The van der Waals surface area contributed by atoms with Crippen molar-refractivity contribution in [1.29, 1.82) is 0 Å². The van der Waals surface area contributed by atoms with Gasteiger partial charge in [0.1, 0.15) is 5.75 Å². The molecule has 142 valence electrons. The molecule has 0 radical (unpaired) electrons. The van der Waals surface area contributed by atoms with Crippen molar-refractivity contribution in [3.63, 3.8) is 0 Å². The fourth-order valence-corrected chi connectivity index (χ4v) is 1.60. The number of aromatic hydroxyl groups is 1. The average molecular weight is 341 g/mol. The number of unbranched alkanes of at least 4 members (excludes halogenated alkanes) is 1. The molecule has 0 heterocycles. The molecule has 1 aromatic carbocycles. The molecule has 0 bridgehead atoms. The molecule has 0 amide bonds. The molecule has 0 atom stereocenters. The third-order valence-electron chi connectivity index (χ3n) is 4.17. The number of phenolic OH excluding ortho intramolecular Hbond substituents is 1. The summed E-state index contributed by atoms with van der Waals surface area (Å²) in [6, 6.07) is 8.71. The van der Waals surface area contributed by atoms with Crippen molar-refractivity contribution >= 4 is 6.47 Å². The second-order valence-electron chi connectivity index (χ2n) is 6.89. The van der Waals surface area contributed by atoms with Gasteiger partial charge < -0.3 is 9.84 Å². The van der Waals surface area contributed by atoms with Gasteiger partial charge in [-0.05, 0) is 42.2 Å². The maximum atomic E-state index is 9.90. The Kier molecular flexibility index (Phi) is 17.1. The lowest BCUT2D eigenvalue weighted by Crippen LogP contribution is -2.29. The molecular formula is C21H40O3. The van der Waals surface area contributed by atoms with Crippen LogP contribution in [0.2, 0.25) is 0 Å². The number of para-hydroxylation sites is 1. The maximum absolute atomic E-state index is 9.90. The van der Waals surface area contributed by atoms with Crippen LogP contribution in [-0.2, 0) is 9.53 Å². The van der Waals surface area contributed by atoms with Gasteiger partial charge in [-0.1, -0.05) is 74.1 Å². The molecule has 0 fully saturated rings. The van der Waals surface area contributed by atoms with E-state index in [1.807, 2.05) is 19.9 Å². The van der Waals surface area contributed by atoms with Crippen molar-refractivity contribution < 1.29 is 14.6 Å². The third-order valence-corrected chi connectivity index (χ3v) is 4.17. The van der Waals surface area contributed by atoms with Crippen molar-refractivity contribution in [1.82, 2.24) is 0 Å². The third kappa shape index (κ3) is 14.1. The maximum Gasteiger partial charge on any atom is 0.293 e. The highest BCUT2D eigenvalue weighted by Gasteiger charge is 2.31. The monoisotopic (exact) mass is 340 g/mol. The predicted octanol–water partition coefficient (Wildman–Crippen LogP) is 6.46. The van der Waals surface area contributed by atoms with Gasteiger partial charge in [-0.3, -0.25) is 4.79 Å². The van der Waals surface area contributed by atoms with Gasteiger partial charge >= 0.3 is 0 Å². The summed E-state index contributed by atoms with van der Waals surface area (Å²) in [5.74, 6) is 0.322. The molecule has 0 aliphatic heterocycles. The van der Waals surface area contributed by atoms with Crippen molar-refractivity contribution in [2.75, 3.05) is 6.61 Å². The molecule has 0 saturated carbocycles. The zero-order valence-corrected chi connectivity index (χ0v) is 16.1. The summed E-state index contributed by atoms with van der Waals surface area (Å²) >= 11 is 0. The lowest BCUT2D eigenvalue weighted by Gasteiger charge is -2.39. The van der Waals surface area contributed by atoms with Crippen molar-refractivity contribution in [2.24, 2.45) is 10.8 Å². The molecule has 1 aromatic rings. The molecule has 0 spiro atoms. The molecule has 0 unspecified atom stereocenters. The standard InChI is InChI=1S/C12H24O2.C6H6O.C2H6.CH4/c1-11(2,3)12(4,5)8-6-7-9-14-10-13;7-6-4-2-1-3-5-6;1-2;/h10H,6-9H2,1-5H3;1-5,7H;1-2H3;1H4. The van der Waals surface area contributed by atoms with Gasteiger partial charge in [0.25, 0.3) is 6.47 Å². The van der Waals surface area contributed by atoms with Crippen molar-refractivity contribution in [3.8, 4) is 5.75 Å². The van der Waals surface area contributed by atoms with Gasteiger partial charge in [0.2, 0.25) is 0 Å². The highest BCUT2D eigenvalue weighted by molar-refractivity contribution is 5.36. The summed E-state index contributed by atoms with van der Waals surface area (Å²) in [5.41, 5.74) is 0.673. The number of carbonyl (C=O) groups excluding carboxylic acids is 1. The summed E-state index contributed by atoms with van der Waals surface area (Å²) in [5, 5.41) is 8.63. The Morgan fingerprint density at radius 1 is 1.00 bits per heavy atom. The SMILES string of the molecule is C.CC.CC(C)(C)C(C)(C)CCCCOC=O.Oc1ccccc1. The summed E-state index contributed by atoms with van der Waals surface area (Å²) in [6.45, 7) is 16.5. The largest absolute Gasteiger partial charge is 0.508 e. The van der Waals surface area contributed by atoms with Gasteiger partial charge in [-0.15, -0.1) is 0 Å². The van der Waals surface area contributed by atoms with E-state index in [1.165, 1.54) is 6.42 Å². The van der Waals surface area contributed by atoms with E-state index in [-0.39, 0.29) is 7.43 Å². The number of phenols is 1. The molecule has 1 N–H and O–H groups in total. The molecule has 0 saturated heterocycles. The van der Waals surface area contributed by atoms with Crippen LogP contribution in [0, 0.1) is 10.8 Å². The number of ether oxygens (including phenoxy) is 1. The zero-order chi connectivity index (χ0) is 18.4. The van der Waals surface area contributed by atoms with E-state index in [0.29, 0.717) is 29.7 Å². The molecule has 24 heavy (non-hydrogen) atoms. The van der Waals surface area contributed by atoms with Gasteiger partial charge in [0, 0.05) is 0 Å². The number of rotatable bonds is 6. The van der Waals surface area contributed by atoms with E-state index in [2.05, 4.69) is 39.4 Å². The molecule has 3 heteroatoms. The first-order chi connectivity index (χ1) is 10.7. The Labute approximate surface area is 150 Å². The smallest absolute Gasteiger partial charge is 0.293 e. The van der Waals surface area contributed by atoms with Crippen LogP contribution in [0.5, 0.6) is 5.75 Å². The fourth-order valence-electron chi connectivity index (χ4n) is 1.60. The number of carbonyl (C=O) groups is 1. The number of hydrogen-bond acceptors (Lipinski definition) is 3. The summed E-state index contributed by atoms with van der Waals surface area (Å²) < 4.78 is 4.65. The first-order valence-corrected chi connectivity index (χ1v) is 8.50. The van der Waals surface area contributed by atoms with E-state index >= 15 is 0 Å². The molecule has 0 aliphatic rings. The minimum atomic E-state index is 0. The highest BCUT2D eigenvalue weighted by atomic mass is 16.5. The Bertz CT molecular complexity index is 378. The van der Waals surface area contributed by atoms with E-state index in [0.717, 1.165) is 12.8 Å². The first kappa shape index (κ1) is 27.3. The molecule has 0 aliphatic carbocycles. The number of hydrogen-bond donors (Lipinski definition) is 1. The highest BCUT2D eigenvalue weighted by Crippen LogP contribution is 2.41. The Morgan fingerprint density at radius 2 is 1.50 bits per heavy atom. The lowest BCUT2D eigenvalue weighted by molar-refractivity contribution is -0.128. The predicted molar refractivity (Wildman–Crippen MR) is 105 cm³/mol. The normalized spacial score (nSPS) is 10.1. The quantitative estimate of drug-likeness (QED) is 0.477. The number of benzene rings is 1. The topological polar surface area (TPSA) is 46.5 Å². The zero-order valence-electron chi connectivity index (χ0n) is 16.1. The second kappa shape index (κ2) is 15.0. The second-order valence-corrected chi connectivity index (χ2v) is 6.89. The van der Waals surface area contributed by atoms with Crippen LogP contribution in [0.1, 0.15) is 75.2 Å². The first-order valence-electron chi connectivity index (χ1n) is 8.50. The molecule has 1 rings (SSSR count). The van der Waals surface area contributed by atoms with Crippen LogP contribution in [0.15, 0.2) is 30.3 Å². The van der Waals surface area contributed by atoms with Gasteiger partial charge in [0.05, 0.1) is 6.61 Å². The summed E-state index contributed by atoms with van der Waals surface area (Å²) in [6.07, 6.45) is 3.27. The molecule has 3 nitrogen and oxygen atoms in total. The van der Waals surface area contributed by atoms with Crippen molar-refractivity contribution in [3.05, 3.63) is 30.3 Å². The summed E-state index contributed by atoms with van der Waals surface area (Å²) in [4.78, 5) is 9.90. The van der Waals surface area contributed by atoms with Crippen molar-refractivity contribution in [2.45, 2.75) is 75.2 Å². The van der Waals surface area contributed by atoms with Crippen LogP contribution < -0.4 is 0 Å². The Hall–Kier alpha value is -1.51. The van der Waals surface area contributed by atoms with E-state index in [1.54, 1.807) is 24.3 Å². The van der Waals surface area contributed by atoms with Crippen LogP contribution in [0.4, 0.5) is 0 Å². The van der Waals surface area contributed by atoms with Crippen LogP contribution >= 0.6 is 0 Å². The minimum Gasteiger partial charge on any atom is -0.508 e. The van der Waals surface area contributed by atoms with E-state index < -0.39 is 0 Å². The van der Waals surface area contributed by atoms with Crippen LogP contribution in [0.3, 0.4) is 0 Å². The Balaban J connectivity index is -0.000000369. The van der Waals surface area contributed by atoms with Crippen LogP contribution in [0.25, 0.3) is 0 Å². The summed E-state index contributed by atoms with van der Waals surface area (Å²) in [7, 11) is 0. The Morgan fingerprint density at radius 3 is 1.83 bits per heavy atom. The minimum absolute atomic E-state index is 0. The fraction of sp³-hybridized carbons (Fsp3) is 0.667. The average Bonchev–Trinajstić information content (AvgIpc) is 2.49.